The summed E-state index contributed by atoms with van der Waals surface area (Å²) in [4.78, 5) is 0.347. The molecule has 1 aromatic rings. The van der Waals surface area contributed by atoms with Crippen LogP contribution in [0.2, 0.25) is 0 Å². The van der Waals surface area contributed by atoms with E-state index in [1.165, 1.54) is 12.8 Å². The highest BCUT2D eigenvalue weighted by Gasteiger charge is 2.19. The van der Waals surface area contributed by atoms with Gasteiger partial charge < -0.3 is 5.32 Å². The average Bonchev–Trinajstić information content (AvgIpc) is 3.22. The van der Waals surface area contributed by atoms with Crippen molar-refractivity contribution < 1.29 is 8.42 Å². The molecule has 1 aromatic carbocycles. The molecule has 1 saturated carbocycles. The lowest BCUT2D eigenvalue weighted by Gasteiger charge is -2.07. The molecule has 1 aliphatic carbocycles. The number of benzene rings is 1. The molecule has 1 fully saturated rings. The Kier molecular flexibility index (Phi) is 4.96. The summed E-state index contributed by atoms with van der Waals surface area (Å²) in [5.74, 6) is 0. The van der Waals surface area contributed by atoms with E-state index in [1.54, 1.807) is 12.1 Å². The normalized spacial score (nSPS) is 15.6. The zero-order valence-electron chi connectivity index (χ0n) is 11.4. The van der Waals surface area contributed by atoms with Crippen LogP contribution in [0.5, 0.6) is 0 Å². The van der Waals surface area contributed by atoms with Crippen LogP contribution in [-0.4, -0.2) is 27.5 Å². The molecule has 0 amide bonds. The number of nitrogens with one attached hydrogen (secondary N) is 2. The number of hydrogen-bond donors (Lipinski definition) is 2. The van der Waals surface area contributed by atoms with Gasteiger partial charge in [0, 0.05) is 12.6 Å². The van der Waals surface area contributed by atoms with Crippen molar-refractivity contribution in [2.75, 3.05) is 13.1 Å². The molecule has 0 atom stereocenters. The second kappa shape index (κ2) is 6.50. The zero-order valence-corrected chi connectivity index (χ0v) is 12.2. The monoisotopic (exact) mass is 282 g/mol. The summed E-state index contributed by atoms with van der Waals surface area (Å²) >= 11 is 0. The van der Waals surface area contributed by atoms with Gasteiger partial charge in [-0.2, -0.15) is 0 Å². The van der Waals surface area contributed by atoms with Crippen LogP contribution < -0.4 is 10.0 Å². The standard InChI is InChI=1S/C14H22N2O2S/c1-2-12-4-8-14(9-5-12)19(17,18)16-11-3-10-15-13-6-7-13/h4-5,8-9,13,15-16H,2-3,6-7,10-11H2,1H3. The predicted molar refractivity (Wildman–Crippen MR) is 76.7 cm³/mol. The number of aryl methyl sites for hydroxylation is 1. The fourth-order valence-electron chi connectivity index (χ4n) is 1.88. The van der Waals surface area contributed by atoms with Gasteiger partial charge in [-0.25, -0.2) is 13.1 Å². The van der Waals surface area contributed by atoms with Gasteiger partial charge in [0.05, 0.1) is 4.90 Å². The lowest BCUT2D eigenvalue weighted by atomic mass is 10.2. The third-order valence-electron chi connectivity index (χ3n) is 3.30. The van der Waals surface area contributed by atoms with Crippen molar-refractivity contribution in [3.05, 3.63) is 29.8 Å². The van der Waals surface area contributed by atoms with Crippen molar-refractivity contribution >= 4 is 10.0 Å². The second-order valence-corrected chi connectivity index (χ2v) is 6.74. The molecule has 106 valence electrons. The summed E-state index contributed by atoms with van der Waals surface area (Å²) in [6, 6.07) is 7.75. The number of sulfonamides is 1. The average molecular weight is 282 g/mol. The maximum absolute atomic E-state index is 12.0. The Labute approximate surface area is 115 Å². The molecule has 2 rings (SSSR count). The Balaban J connectivity index is 1.78. The maximum Gasteiger partial charge on any atom is 0.240 e. The van der Waals surface area contributed by atoms with Crippen LogP contribution >= 0.6 is 0 Å². The van der Waals surface area contributed by atoms with Crippen LogP contribution in [0.1, 0.15) is 31.7 Å². The minimum absolute atomic E-state index is 0.347. The first kappa shape index (κ1) is 14.5. The van der Waals surface area contributed by atoms with Crippen molar-refractivity contribution in [1.82, 2.24) is 10.0 Å². The first-order valence-electron chi connectivity index (χ1n) is 6.94. The summed E-state index contributed by atoms with van der Waals surface area (Å²) in [6.45, 7) is 3.41. The Morgan fingerprint density at radius 2 is 1.84 bits per heavy atom. The van der Waals surface area contributed by atoms with E-state index in [2.05, 4.69) is 17.0 Å². The summed E-state index contributed by atoms with van der Waals surface area (Å²) in [7, 11) is -3.35. The first-order chi connectivity index (χ1) is 9.12. The first-order valence-corrected chi connectivity index (χ1v) is 8.42. The van der Waals surface area contributed by atoms with E-state index in [4.69, 9.17) is 0 Å². The van der Waals surface area contributed by atoms with E-state index < -0.39 is 10.0 Å². The highest BCUT2D eigenvalue weighted by atomic mass is 32.2. The van der Waals surface area contributed by atoms with Gasteiger partial charge in [0.2, 0.25) is 10.0 Å². The van der Waals surface area contributed by atoms with E-state index >= 15 is 0 Å². The molecule has 0 bridgehead atoms. The molecule has 1 aliphatic rings. The fraction of sp³-hybridized carbons (Fsp3) is 0.571. The molecule has 2 N–H and O–H groups in total. The topological polar surface area (TPSA) is 58.2 Å². The molecule has 4 nitrogen and oxygen atoms in total. The van der Waals surface area contributed by atoms with Crippen molar-refractivity contribution in [1.29, 1.82) is 0 Å². The lowest BCUT2D eigenvalue weighted by molar-refractivity contribution is 0.573. The molecular weight excluding hydrogens is 260 g/mol. The molecule has 0 unspecified atom stereocenters. The van der Waals surface area contributed by atoms with Crippen LogP contribution in [0.15, 0.2) is 29.2 Å². The second-order valence-electron chi connectivity index (χ2n) is 4.98. The van der Waals surface area contributed by atoms with Gasteiger partial charge in [-0.3, -0.25) is 0 Å². The molecule has 0 spiro atoms. The summed E-state index contributed by atoms with van der Waals surface area (Å²) in [5.41, 5.74) is 1.15. The fourth-order valence-corrected chi connectivity index (χ4v) is 2.95. The van der Waals surface area contributed by atoms with Crippen LogP contribution in [0, 0.1) is 0 Å². The molecule has 0 aliphatic heterocycles. The van der Waals surface area contributed by atoms with E-state index in [-0.39, 0.29) is 0 Å². The highest BCUT2D eigenvalue weighted by Crippen LogP contribution is 2.18. The van der Waals surface area contributed by atoms with Gasteiger partial charge >= 0.3 is 0 Å². The molecule has 0 radical (unpaired) electrons. The zero-order chi connectivity index (χ0) is 13.7. The van der Waals surface area contributed by atoms with Crippen LogP contribution in [-0.2, 0) is 16.4 Å². The predicted octanol–water partition coefficient (Wildman–Crippen LogP) is 1.67. The Morgan fingerprint density at radius 3 is 2.42 bits per heavy atom. The molecule has 19 heavy (non-hydrogen) atoms. The molecule has 0 heterocycles. The van der Waals surface area contributed by atoms with Crippen LogP contribution in [0.4, 0.5) is 0 Å². The Bertz CT molecular complexity index is 493. The SMILES string of the molecule is CCc1ccc(S(=O)(=O)NCCCNC2CC2)cc1. The highest BCUT2D eigenvalue weighted by molar-refractivity contribution is 7.89. The van der Waals surface area contributed by atoms with Crippen LogP contribution in [0.25, 0.3) is 0 Å². The van der Waals surface area contributed by atoms with Crippen molar-refractivity contribution in [2.24, 2.45) is 0 Å². The Hall–Kier alpha value is -0.910. The van der Waals surface area contributed by atoms with Gasteiger partial charge in [-0.05, 0) is 49.9 Å². The molecule has 0 saturated heterocycles. The quantitative estimate of drug-likeness (QED) is 0.713. The third kappa shape index (κ3) is 4.60. The van der Waals surface area contributed by atoms with Crippen molar-refractivity contribution in [3.8, 4) is 0 Å². The maximum atomic E-state index is 12.0. The molecule has 0 aromatic heterocycles. The number of rotatable bonds is 8. The Morgan fingerprint density at radius 1 is 1.16 bits per heavy atom. The lowest BCUT2D eigenvalue weighted by Crippen LogP contribution is -2.28. The van der Waals surface area contributed by atoms with Gasteiger partial charge in [0.25, 0.3) is 0 Å². The van der Waals surface area contributed by atoms with Gasteiger partial charge in [-0.15, -0.1) is 0 Å². The van der Waals surface area contributed by atoms with E-state index in [0.29, 0.717) is 17.5 Å². The van der Waals surface area contributed by atoms with Crippen LogP contribution in [0.3, 0.4) is 0 Å². The summed E-state index contributed by atoms with van der Waals surface area (Å²) in [6.07, 6.45) is 4.26. The molecule has 5 heteroatoms. The molecular formula is C14H22N2O2S. The largest absolute Gasteiger partial charge is 0.314 e. The minimum Gasteiger partial charge on any atom is -0.314 e. The summed E-state index contributed by atoms with van der Waals surface area (Å²) in [5, 5.41) is 3.36. The smallest absolute Gasteiger partial charge is 0.240 e. The van der Waals surface area contributed by atoms with Crippen molar-refractivity contribution in [2.45, 2.75) is 43.5 Å². The number of hydrogen-bond acceptors (Lipinski definition) is 3. The van der Waals surface area contributed by atoms with Gasteiger partial charge in [0.1, 0.15) is 0 Å². The van der Waals surface area contributed by atoms with E-state index in [0.717, 1.165) is 24.9 Å². The van der Waals surface area contributed by atoms with E-state index in [9.17, 15) is 8.42 Å². The van der Waals surface area contributed by atoms with Crippen molar-refractivity contribution in [3.63, 3.8) is 0 Å². The third-order valence-corrected chi connectivity index (χ3v) is 4.77. The minimum atomic E-state index is -3.35. The summed E-state index contributed by atoms with van der Waals surface area (Å²) < 4.78 is 26.7. The van der Waals surface area contributed by atoms with E-state index in [1.807, 2.05) is 12.1 Å². The van der Waals surface area contributed by atoms with Gasteiger partial charge in [0.15, 0.2) is 0 Å². The van der Waals surface area contributed by atoms with Gasteiger partial charge in [-0.1, -0.05) is 19.1 Å².